The van der Waals surface area contributed by atoms with E-state index in [0.717, 1.165) is 94.5 Å². The fourth-order valence-corrected chi connectivity index (χ4v) is 7.28. The van der Waals surface area contributed by atoms with Gasteiger partial charge in [0.2, 0.25) is 0 Å². The Bertz CT molecular complexity index is 1770. The molecular formula is C38H42N2O3. The number of rotatable bonds is 12. The number of fused-ring (bicyclic) bond motifs is 2. The lowest BCUT2D eigenvalue weighted by molar-refractivity contribution is 0.0517. The average molecular weight is 575 g/mol. The Hall–Kier alpha value is -3.99. The van der Waals surface area contributed by atoms with E-state index in [4.69, 9.17) is 0 Å². The molecule has 0 N–H and O–H groups in total. The summed E-state index contributed by atoms with van der Waals surface area (Å²) in [6.45, 7) is 4.41. The summed E-state index contributed by atoms with van der Waals surface area (Å²) < 4.78 is 0. The molecule has 0 fully saturated rings. The van der Waals surface area contributed by atoms with Crippen LogP contribution in [0.5, 0.6) is 0 Å². The van der Waals surface area contributed by atoms with E-state index in [1.165, 1.54) is 12.8 Å². The number of carbonyl (C=O) groups excluding carboxylic acids is 3. The summed E-state index contributed by atoms with van der Waals surface area (Å²) in [5.41, 5.74) is 1.92. The van der Waals surface area contributed by atoms with Crippen LogP contribution in [-0.2, 0) is 0 Å². The summed E-state index contributed by atoms with van der Waals surface area (Å²) in [6, 6.07) is 17.9. The summed E-state index contributed by atoms with van der Waals surface area (Å²) in [7, 11) is 3.54. The largest absolute Gasteiger partial charge is 0.345 e. The molecule has 0 radical (unpaired) electrons. The summed E-state index contributed by atoms with van der Waals surface area (Å²) >= 11 is 0. The maximum absolute atomic E-state index is 14.2. The van der Waals surface area contributed by atoms with Crippen LogP contribution in [0.3, 0.4) is 0 Å². The second-order valence-corrected chi connectivity index (χ2v) is 12.5. The highest BCUT2D eigenvalue weighted by Gasteiger charge is 2.38. The summed E-state index contributed by atoms with van der Waals surface area (Å²) in [5, 5.41) is 7.77. The Morgan fingerprint density at radius 1 is 0.628 bits per heavy atom. The van der Waals surface area contributed by atoms with Crippen molar-refractivity contribution in [3.63, 3.8) is 0 Å². The van der Waals surface area contributed by atoms with E-state index < -0.39 is 0 Å². The van der Waals surface area contributed by atoms with Crippen LogP contribution in [-0.4, -0.2) is 47.7 Å². The van der Waals surface area contributed by atoms with E-state index in [9.17, 15) is 14.4 Å². The smallest absolute Gasteiger partial charge is 0.261 e. The molecule has 5 heteroatoms. The third-order valence-corrected chi connectivity index (χ3v) is 9.46. The van der Waals surface area contributed by atoms with Crippen LogP contribution in [0, 0.1) is 0 Å². The third kappa shape index (κ3) is 4.83. The molecule has 1 aliphatic heterocycles. The minimum atomic E-state index is -0.159. The first-order valence-corrected chi connectivity index (χ1v) is 16.1. The first-order chi connectivity index (χ1) is 20.9. The molecule has 0 aliphatic carbocycles. The molecule has 0 unspecified atom stereocenters. The molecule has 6 rings (SSSR count). The summed E-state index contributed by atoms with van der Waals surface area (Å²) in [5.74, 6) is -0.351. The number of amides is 3. The standard InChI is InChI=1S/C38H42N2O3/c1-5-7-9-11-14-24(15-12-10-8-6-2)40-37(42)31-22-19-28-25-16-13-17-26-30(36(41)39(3)4)21-18-27(33(25)26)29-20-23-32(38(40)43)35(31)34(28)29/h13,16-24H,5-12,14-15H2,1-4H3. The Balaban J connectivity index is 1.50. The number of imide groups is 1. The molecule has 0 bridgehead atoms. The highest BCUT2D eigenvalue weighted by molar-refractivity contribution is 6.39. The van der Waals surface area contributed by atoms with Gasteiger partial charge < -0.3 is 4.90 Å². The molecule has 5 aromatic rings. The number of hydrogen-bond acceptors (Lipinski definition) is 3. The molecule has 1 aliphatic rings. The number of nitrogens with zero attached hydrogens (tertiary/aromatic N) is 2. The van der Waals surface area contributed by atoms with E-state index in [-0.39, 0.29) is 23.8 Å². The lowest BCUT2D eigenvalue weighted by Crippen LogP contribution is -2.47. The Morgan fingerprint density at radius 2 is 1.14 bits per heavy atom. The van der Waals surface area contributed by atoms with E-state index in [1.807, 2.05) is 48.5 Å². The van der Waals surface area contributed by atoms with Gasteiger partial charge in [0.1, 0.15) is 0 Å². The van der Waals surface area contributed by atoms with Crippen LogP contribution in [0.1, 0.15) is 109 Å². The first-order valence-electron chi connectivity index (χ1n) is 16.1. The lowest BCUT2D eigenvalue weighted by Gasteiger charge is -2.34. The average Bonchev–Trinajstić information content (AvgIpc) is 3.02. The molecule has 0 saturated heterocycles. The molecule has 222 valence electrons. The molecular weight excluding hydrogens is 532 g/mol. The van der Waals surface area contributed by atoms with Crippen LogP contribution in [0.25, 0.3) is 43.1 Å². The van der Waals surface area contributed by atoms with Gasteiger partial charge in [-0.05, 0) is 68.7 Å². The van der Waals surface area contributed by atoms with Gasteiger partial charge in [-0.1, -0.05) is 102 Å². The predicted octanol–water partition coefficient (Wildman–Crippen LogP) is 9.34. The summed E-state index contributed by atoms with van der Waals surface area (Å²) in [6.07, 6.45) is 10.7. The third-order valence-electron chi connectivity index (χ3n) is 9.46. The van der Waals surface area contributed by atoms with Gasteiger partial charge in [-0.25, -0.2) is 0 Å². The topological polar surface area (TPSA) is 57.7 Å². The van der Waals surface area contributed by atoms with Crippen molar-refractivity contribution in [2.24, 2.45) is 0 Å². The van der Waals surface area contributed by atoms with Gasteiger partial charge in [-0.15, -0.1) is 0 Å². The molecule has 0 atom stereocenters. The predicted molar refractivity (Wildman–Crippen MR) is 177 cm³/mol. The van der Waals surface area contributed by atoms with E-state index in [1.54, 1.807) is 23.9 Å². The number of benzene rings is 5. The monoisotopic (exact) mass is 574 g/mol. The van der Waals surface area contributed by atoms with Gasteiger partial charge in [0.15, 0.2) is 0 Å². The van der Waals surface area contributed by atoms with Crippen LogP contribution in [0.2, 0.25) is 0 Å². The molecule has 5 nitrogen and oxygen atoms in total. The van der Waals surface area contributed by atoms with E-state index in [2.05, 4.69) is 19.9 Å². The Labute approximate surface area is 254 Å². The Morgan fingerprint density at radius 3 is 1.70 bits per heavy atom. The normalized spacial score (nSPS) is 13.5. The number of carbonyl (C=O) groups is 3. The van der Waals surface area contributed by atoms with Crippen molar-refractivity contribution in [1.29, 1.82) is 0 Å². The number of unbranched alkanes of at least 4 members (excludes halogenated alkanes) is 6. The fraction of sp³-hybridized carbons (Fsp3) is 0.395. The second-order valence-electron chi connectivity index (χ2n) is 12.5. The molecule has 43 heavy (non-hydrogen) atoms. The fourth-order valence-electron chi connectivity index (χ4n) is 7.28. The quantitative estimate of drug-likeness (QED) is 0.0646. The van der Waals surface area contributed by atoms with Gasteiger partial charge in [-0.3, -0.25) is 19.3 Å². The maximum Gasteiger partial charge on any atom is 0.261 e. The second kappa shape index (κ2) is 11.9. The highest BCUT2D eigenvalue weighted by atomic mass is 16.2. The molecule has 0 aromatic heterocycles. The van der Waals surface area contributed by atoms with Crippen molar-refractivity contribution in [2.75, 3.05) is 14.1 Å². The van der Waals surface area contributed by atoms with Crippen LogP contribution in [0.15, 0.2) is 54.6 Å². The molecule has 0 saturated carbocycles. The van der Waals surface area contributed by atoms with Crippen molar-refractivity contribution >= 4 is 60.8 Å². The zero-order chi connectivity index (χ0) is 30.2. The van der Waals surface area contributed by atoms with Crippen molar-refractivity contribution in [3.05, 3.63) is 71.3 Å². The Kier molecular flexibility index (Phi) is 8.09. The zero-order valence-electron chi connectivity index (χ0n) is 26.0. The van der Waals surface area contributed by atoms with Gasteiger partial charge in [0, 0.05) is 42.2 Å². The van der Waals surface area contributed by atoms with Gasteiger partial charge in [0.05, 0.1) is 0 Å². The molecule has 1 heterocycles. The highest BCUT2D eigenvalue weighted by Crippen LogP contribution is 2.45. The minimum absolute atomic E-state index is 0.0324. The van der Waals surface area contributed by atoms with Crippen LogP contribution >= 0.6 is 0 Å². The SMILES string of the molecule is CCCCCCC(CCCCCC)N1C(=O)c2ccc3c4cccc5c(C(=O)N(C)C)ccc(c6ccc(c2c36)C1=O)c54. The van der Waals surface area contributed by atoms with Crippen molar-refractivity contribution in [2.45, 2.75) is 84.1 Å². The van der Waals surface area contributed by atoms with Crippen LogP contribution < -0.4 is 0 Å². The van der Waals surface area contributed by atoms with Gasteiger partial charge in [0.25, 0.3) is 17.7 Å². The minimum Gasteiger partial charge on any atom is -0.345 e. The van der Waals surface area contributed by atoms with Crippen LogP contribution in [0.4, 0.5) is 0 Å². The zero-order valence-corrected chi connectivity index (χ0v) is 26.0. The lowest BCUT2D eigenvalue weighted by atomic mass is 9.83. The van der Waals surface area contributed by atoms with Crippen molar-refractivity contribution in [1.82, 2.24) is 9.80 Å². The first kappa shape index (κ1) is 29.1. The van der Waals surface area contributed by atoms with Gasteiger partial charge >= 0.3 is 0 Å². The van der Waals surface area contributed by atoms with Gasteiger partial charge in [-0.2, -0.15) is 0 Å². The summed E-state index contributed by atoms with van der Waals surface area (Å²) in [4.78, 5) is 44.8. The van der Waals surface area contributed by atoms with Crippen molar-refractivity contribution < 1.29 is 14.4 Å². The molecule has 3 amide bonds. The number of hydrogen-bond donors (Lipinski definition) is 0. The maximum atomic E-state index is 14.2. The molecule has 0 spiro atoms. The molecule has 5 aromatic carbocycles. The van der Waals surface area contributed by atoms with E-state index in [0.29, 0.717) is 16.7 Å². The van der Waals surface area contributed by atoms with Crippen molar-refractivity contribution in [3.8, 4) is 0 Å². The van der Waals surface area contributed by atoms with E-state index >= 15 is 0 Å².